The van der Waals surface area contributed by atoms with Gasteiger partial charge in [0.05, 0.1) is 24.4 Å². The van der Waals surface area contributed by atoms with E-state index in [0.29, 0.717) is 30.3 Å². The van der Waals surface area contributed by atoms with Crippen molar-refractivity contribution in [1.29, 1.82) is 0 Å². The second-order valence-corrected chi connectivity index (χ2v) is 8.52. The van der Waals surface area contributed by atoms with Crippen molar-refractivity contribution in [3.8, 4) is 0 Å². The van der Waals surface area contributed by atoms with Gasteiger partial charge in [0.1, 0.15) is 12.6 Å². The predicted molar refractivity (Wildman–Crippen MR) is 127 cm³/mol. The SMILES string of the molecule is CCCNC(=O)OCc1cccc2nnc([C@@H](COCc3ccccc3)NC(=O)C(C)(C)N)n12. The number of rotatable bonds is 11. The van der Waals surface area contributed by atoms with Crippen LogP contribution in [0.2, 0.25) is 0 Å². The second kappa shape index (κ2) is 11.6. The number of carbonyl (C=O) groups is 2. The van der Waals surface area contributed by atoms with Gasteiger partial charge in [0.2, 0.25) is 5.91 Å². The number of fused-ring (bicyclic) bond motifs is 1. The van der Waals surface area contributed by atoms with Gasteiger partial charge < -0.3 is 25.8 Å². The molecule has 4 N–H and O–H groups in total. The lowest BCUT2D eigenvalue weighted by Gasteiger charge is -2.24. The van der Waals surface area contributed by atoms with E-state index in [-0.39, 0.29) is 19.1 Å². The maximum atomic E-state index is 12.7. The first-order valence-corrected chi connectivity index (χ1v) is 11.2. The number of nitrogens with one attached hydrogen (secondary N) is 2. The first-order valence-electron chi connectivity index (χ1n) is 11.2. The van der Waals surface area contributed by atoms with Gasteiger partial charge in [-0.05, 0) is 38.0 Å². The van der Waals surface area contributed by atoms with E-state index < -0.39 is 17.7 Å². The van der Waals surface area contributed by atoms with E-state index in [1.165, 1.54) is 0 Å². The zero-order chi connectivity index (χ0) is 24.6. The van der Waals surface area contributed by atoms with Gasteiger partial charge in [-0.15, -0.1) is 10.2 Å². The predicted octanol–water partition coefficient (Wildman–Crippen LogP) is 2.48. The van der Waals surface area contributed by atoms with Crippen molar-refractivity contribution in [2.24, 2.45) is 5.73 Å². The number of pyridine rings is 1. The third kappa shape index (κ3) is 6.75. The van der Waals surface area contributed by atoms with Crippen molar-refractivity contribution >= 4 is 17.6 Å². The fourth-order valence-electron chi connectivity index (χ4n) is 3.18. The molecule has 2 aromatic heterocycles. The molecule has 0 saturated carbocycles. The summed E-state index contributed by atoms with van der Waals surface area (Å²) in [5.74, 6) is 0.0964. The zero-order valence-corrected chi connectivity index (χ0v) is 19.8. The highest BCUT2D eigenvalue weighted by Crippen LogP contribution is 2.18. The molecular weight excluding hydrogens is 436 g/mol. The van der Waals surface area contributed by atoms with Crippen LogP contribution in [-0.4, -0.2) is 45.3 Å². The first-order chi connectivity index (χ1) is 16.3. The Labute approximate surface area is 198 Å². The van der Waals surface area contributed by atoms with Crippen molar-refractivity contribution < 1.29 is 19.1 Å². The minimum Gasteiger partial charge on any atom is -0.443 e. The molecule has 3 rings (SSSR count). The summed E-state index contributed by atoms with van der Waals surface area (Å²) < 4.78 is 13.0. The summed E-state index contributed by atoms with van der Waals surface area (Å²) in [6.45, 7) is 6.25. The van der Waals surface area contributed by atoms with Crippen molar-refractivity contribution in [3.63, 3.8) is 0 Å². The summed E-state index contributed by atoms with van der Waals surface area (Å²) in [5.41, 5.74) is 7.12. The number of carbonyl (C=O) groups excluding carboxylic acids is 2. The van der Waals surface area contributed by atoms with Gasteiger partial charge in [-0.2, -0.15) is 0 Å². The monoisotopic (exact) mass is 468 g/mol. The van der Waals surface area contributed by atoms with Crippen LogP contribution >= 0.6 is 0 Å². The molecule has 0 aliphatic carbocycles. The van der Waals surface area contributed by atoms with E-state index in [1.54, 1.807) is 30.4 Å². The van der Waals surface area contributed by atoms with E-state index in [0.717, 1.165) is 12.0 Å². The fourth-order valence-corrected chi connectivity index (χ4v) is 3.18. The highest BCUT2D eigenvalue weighted by molar-refractivity contribution is 5.85. The lowest BCUT2D eigenvalue weighted by Crippen LogP contribution is -2.51. The lowest BCUT2D eigenvalue weighted by atomic mass is 10.1. The summed E-state index contributed by atoms with van der Waals surface area (Å²) in [6, 6.07) is 14.5. The minimum absolute atomic E-state index is 0.00580. The number of ether oxygens (including phenoxy) is 2. The fraction of sp³-hybridized carbons (Fsp3) is 0.417. The molecule has 0 fully saturated rings. The number of alkyl carbamates (subject to hydrolysis) is 1. The number of amides is 2. The normalized spacial score (nSPS) is 12.4. The summed E-state index contributed by atoms with van der Waals surface area (Å²) in [6.07, 6.45) is 0.302. The molecule has 2 heterocycles. The molecule has 0 unspecified atom stereocenters. The number of aromatic nitrogens is 3. The third-order valence-corrected chi connectivity index (χ3v) is 5.00. The average molecular weight is 469 g/mol. The Hall–Kier alpha value is -3.50. The molecule has 10 nitrogen and oxygen atoms in total. The van der Waals surface area contributed by atoms with Crippen molar-refractivity contribution in [1.82, 2.24) is 25.2 Å². The maximum Gasteiger partial charge on any atom is 0.407 e. The molecule has 10 heteroatoms. The van der Waals surface area contributed by atoms with Gasteiger partial charge in [-0.25, -0.2) is 4.79 Å². The Bertz CT molecular complexity index is 1090. The van der Waals surface area contributed by atoms with Gasteiger partial charge in [0.25, 0.3) is 0 Å². The van der Waals surface area contributed by atoms with Crippen LogP contribution in [-0.2, 0) is 27.5 Å². The summed E-state index contributed by atoms with van der Waals surface area (Å²) in [5, 5.41) is 14.1. The maximum absolute atomic E-state index is 12.7. The average Bonchev–Trinajstić information content (AvgIpc) is 3.25. The first kappa shape index (κ1) is 25.1. The molecule has 0 aliphatic heterocycles. The second-order valence-electron chi connectivity index (χ2n) is 8.52. The van der Waals surface area contributed by atoms with Crippen LogP contribution in [0.1, 0.15) is 50.3 Å². The standard InChI is InChI=1S/C24H32N6O4/c1-4-13-26-23(32)34-15-18-11-8-12-20-28-29-21(30(18)20)19(27-22(31)24(2,3)25)16-33-14-17-9-6-5-7-10-17/h5-12,19H,4,13-16,25H2,1-3H3,(H,26,32)(H,27,31)/t19-/m1/s1. The molecule has 0 radical (unpaired) electrons. The quantitative estimate of drug-likeness (QED) is 0.394. The van der Waals surface area contributed by atoms with Crippen molar-refractivity contribution in [2.75, 3.05) is 13.2 Å². The number of nitrogens with zero attached hydrogens (tertiary/aromatic N) is 3. The van der Waals surface area contributed by atoms with Crippen LogP contribution in [0.3, 0.4) is 0 Å². The van der Waals surface area contributed by atoms with Crippen LogP contribution in [0.15, 0.2) is 48.5 Å². The third-order valence-electron chi connectivity index (χ3n) is 5.00. The Morgan fingerprint density at radius 2 is 1.85 bits per heavy atom. The van der Waals surface area contributed by atoms with E-state index in [2.05, 4.69) is 20.8 Å². The van der Waals surface area contributed by atoms with Crippen LogP contribution in [0.4, 0.5) is 4.79 Å². The Balaban J connectivity index is 1.84. The molecule has 0 bridgehead atoms. The molecule has 0 saturated heterocycles. The highest BCUT2D eigenvalue weighted by atomic mass is 16.5. The van der Waals surface area contributed by atoms with Crippen molar-refractivity contribution in [2.45, 2.75) is 52.0 Å². The molecule has 3 aromatic rings. The van der Waals surface area contributed by atoms with Gasteiger partial charge in [-0.1, -0.05) is 43.3 Å². The van der Waals surface area contributed by atoms with Crippen molar-refractivity contribution in [3.05, 3.63) is 65.6 Å². The van der Waals surface area contributed by atoms with Gasteiger partial charge in [0, 0.05) is 6.54 Å². The zero-order valence-electron chi connectivity index (χ0n) is 19.8. The molecule has 0 spiro atoms. The van der Waals surface area contributed by atoms with Crippen LogP contribution in [0, 0.1) is 0 Å². The number of nitrogens with two attached hydrogens (primary N) is 1. The van der Waals surface area contributed by atoms with Crippen LogP contribution < -0.4 is 16.4 Å². The largest absolute Gasteiger partial charge is 0.443 e. The molecular formula is C24H32N6O4. The van der Waals surface area contributed by atoms with Crippen LogP contribution in [0.5, 0.6) is 0 Å². The van der Waals surface area contributed by atoms with Crippen LogP contribution in [0.25, 0.3) is 5.65 Å². The topological polar surface area (TPSA) is 133 Å². The van der Waals surface area contributed by atoms with E-state index in [9.17, 15) is 9.59 Å². The number of hydrogen-bond donors (Lipinski definition) is 3. The highest BCUT2D eigenvalue weighted by Gasteiger charge is 2.28. The molecule has 34 heavy (non-hydrogen) atoms. The molecule has 2 amide bonds. The van der Waals surface area contributed by atoms with E-state index >= 15 is 0 Å². The summed E-state index contributed by atoms with van der Waals surface area (Å²) >= 11 is 0. The van der Waals surface area contributed by atoms with Gasteiger partial charge >= 0.3 is 6.09 Å². The molecule has 0 aliphatic rings. The number of benzene rings is 1. The summed E-state index contributed by atoms with van der Waals surface area (Å²) in [4.78, 5) is 24.6. The Morgan fingerprint density at radius 1 is 1.09 bits per heavy atom. The van der Waals surface area contributed by atoms with E-state index in [1.807, 2.05) is 43.3 Å². The van der Waals surface area contributed by atoms with Gasteiger partial charge in [0.15, 0.2) is 11.5 Å². The van der Waals surface area contributed by atoms with Gasteiger partial charge in [-0.3, -0.25) is 9.20 Å². The lowest BCUT2D eigenvalue weighted by molar-refractivity contribution is -0.126. The smallest absolute Gasteiger partial charge is 0.407 e. The molecule has 182 valence electrons. The molecule has 1 aromatic carbocycles. The Kier molecular flexibility index (Phi) is 8.55. The minimum atomic E-state index is -1.10. The Morgan fingerprint density at radius 3 is 2.56 bits per heavy atom. The molecule has 1 atom stereocenters. The van der Waals surface area contributed by atoms with E-state index in [4.69, 9.17) is 15.2 Å². The summed E-state index contributed by atoms with van der Waals surface area (Å²) in [7, 11) is 0. The number of hydrogen-bond acceptors (Lipinski definition) is 7.